The fourth-order valence-corrected chi connectivity index (χ4v) is 2.19. The molecule has 1 fully saturated rings. The van der Waals surface area contributed by atoms with Crippen molar-refractivity contribution in [1.29, 1.82) is 0 Å². The van der Waals surface area contributed by atoms with Gasteiger partial charge in [0.2, 0.25) is 5.91 Å². The highest BCUT2D eigenvalue weighted by molar-refractivity contribution is 5.82. The van der Waals surface area contributed by atoms with Gasteiger partial charge in [-0.25, -0.2) is 0 Å². The average molecular weight is 270 g/mol. The second-order valence-electron chi connectivity index (χ2n) is 5.87. The second kappa shape index (κ2) is 7.82. The van der Waals surface area contributed by atoms with Crippen molar-refractivity contribution in [2.45, 2.75) is 26.7 Å². The minimum Gasteiger partial charge on any atom is -0.356 e. The number of hydrogen-bond acceptors (Lipinski definition) is 4. The Balaban J connectivity index is 2.15. The maximum absolute atomic E-state index is 12.0. The summed E-state index contributed by atoms with van der Waals surface area (Å²) in [5.41, 5.74) is 5.27. The summed E-state index contributed by atoms with van der Waals surface area (Å²) >= 11 is 0. The van der Waals surface area contributed by atoms with E-state index in [1.807, 2.05) is 13.8 Å². The van der Waals surface area contributed by atoms with Crippen molar-refractivity contribution in [3.63, 3.8) is 0 Å². The number of carbonyl (C=O) groups is 1. The Morgan fingerprint density at radius 3 is 2.47 bits per heavy atom. The van der Waals surface area contributed by atoms with Crippen molar-refractivity contribution >= 4 is 5.91 Å². The predicted molar refractivity (Wildman–Crippen MR) is 79.0 cm³/mol. The number of carbonyl (C=O) groups excluding carboxylic acids is 1. The number of nitrogens with zero attached hydrogens (tertiary/aromatic N) is 2. The highest BCUT2D eigenvalue weighted by Gasteiger charge is 2.29. The molecule has 0 aliphatic carbocycles. The number of nitrogens with two attached hydrogens (primary N) is 1. The number of amides is 1. The molecule has 1 atom stereocenters. The average Bonchev–Trinajstić information content (AvgIpc) is 2.44. The standard InChI is InChI=1S/C14H30N4O/c1-4-14(2,12-15)13(19)16-6-5-7-18-10-8-17(3)9-11-18/h4-12,15H2,1-3H3,(H,16,19). The monoisotopic (exact) mass is 270 g/mol. The molecule has 5 nitrogen and oxygen atoms in total. The molecule has 1 heterocycles. The van der Waals surface area contributed by atoms with Gasteiger partial charge in [0.25, 0.3) is 0 Å². The number of nitrogens with one attached hydrogen (secondary N) is 1. The first kappa shape index (κ1) is 16.4. The van der Waals surface area contributed by atoms with Crippen LogP contribution in [-0.2, 0) is 4.79 Å². The van der Waals surface area contributed by atoms with Gasteiger partial charge in [-0.1, -0.05) is 6.92 Å². The molecule has 0 aromatic heterocycles. The van der Waals surface area contributed by atoms with E-state index in [0.29, 0.717) is 6.54 Å². The first-order valence-electron chi connectivity index (χ1n) is 7.41. The molecule has 0 bridgehead atoms. The summed E-state index contributed by atoms with van der Waals surface area (Å²) in [7, 11) is 2.16. The van der Waals surface area contributed by atoms with Gasteiger partial charge < -0.3 is 20.9 Å². The Hall–Kier alpha value is -0.650. The Morgan fingerprint density at radius 1 is 1.32 bits per heavy atom. The van der Waals surface area contributed by atoms with Gasteiger partial charge in [-0.15, -0.1) is 0 Å². The van der Waals surface area contributed by atoms with Gasteiger partial charge in [0.1, 0.15) is 0 Å². The molecule has 1 aliphatic heterocycles. The molecular weight excluding hydrogens is 240 g/mol. The lowest BCUT2D eigenvalue weighted by Crippen LogP contribution is -2.46. The molecule has 5 heteroatoms. The van der Waals surface area contributed by atoms with Crippen LogP contribution < -0.4 is 11.1 Å². The van der Waals surface area contributed by atoms with Crippen molar-refractivity contribution in [1.82, 2.24) is 15.1 Å². The third kappa shape index (κ3) is 5.09. The summed E-state index contributed by atoms with van der Waals surface area (Å²) in [5.74, 6) is 0.0934. The van der Waals surface area contributed by atoms with E-state index in [4.69, 9.17) is 5.73 Å². The van der Waals surface area contributed by atoms with Crippen LogP contribution in [0.25, 0.3) is 0 Å². The molecule has 1 rings (SSSR count). The van der Waals surface area contributed by atoms with Crippen LogP contribution in [-0.4, -0.2) is 68.6 Å². The molecule has 19 heavy (non-hydrogen) atoms. The Kier molecular flexibility index (Phi) is 6.75. The largest absolute Gasteiger partial charge is 0.356 e. The van der Waals surface area contributed by atoms with E-state index in [9.17, 15) is 4.79 Å². The summed E-state index contributed by atoms with van der Waals surface area (Å²) in [6.07, 6.45) is 1.80. The third-order valence-corrected chi connectivity index (χ3v) is 4.31. The Bertz CT molecular complexity index is 271. The molecule has 0 aromatic rings. The van der Waals surface area contributed by atoms with Crippen LogP contribution in [0.3, 0.4) is 0 Å². The van der Waals surface area contributed by atoms with Gasteiger partial charge in [0.15, 0.2) is 0 Å². The minimum atomic E-state index is -0.409. The van der Waals surface area contributed by atoms with Crippen molar-refractivity contribution < 1.29 is 4.79 Å². The predicted octanol–water partition coefficient (Wildman–Crippen LogP) is 0.115. The zero-order chi connectivity index (χ0) is 14.3. The van der Waals surface area contributed by atoms with E-state index >= 15 is 0 Å². The van der Waals surface area contributed by atoms with Crippen LogP contribution in [0.15, 0.2) is 0 Å². The highest BCUT2D eigenvalue weighted by Crippen LogP contribution is 2.18. The van der Waals surface area contributed by atoms with Crippen molar-refractivity contribution in [3.8, 4) is 0 Å². The zero-order valence-electron chi connectivity index (χ0n) is 12.7. The fraction of sp³-hybridized carbons (Fsp3) is 0.929. The van der Waals surface area contributed by atoms with Gasteiger partial charge in [-0.05, 0) is 33.4 Å². The van der Waals surface area contributed by atoms with Crippen molar-refractivity contribution in [2.75, 3.05) is 52.9 Å². The van der Waals surface area contributed by atoms with E-state index in [1.54, 1.807) is 0 Å². The molecule has 1 aliphatic rings. The maximum Gasteiger partial charge on any atom is 0.227 e. The Morgan fingerprint density at radius 2 is 1.95 bits per heavy atom. The van der Waals surface area contributed by atoms with Crippen LogP contribution in [0.2, 0.25) is 0 Å². The minimum absolute atomic E-state index is 0.0934. The van der Waals surface area contributed by atoms with Gasteiger partial charge in [-0.2, -0.15) is 0 Å². The van der Waals surface area contributed by atoms with Gasteiger partial charge >= 0.3 is 0 Å². The lowest BCUT2D eigenvalue weighted by molar-refractivity contribution is -0.129. The number of rotatable bonds is 7. The van der Waals surface area contributed by atoms with Crippen LogP contribution in [0.4, 0.5) is 0 Å². The molecule has 112 valence electrons. The van der Waals surface area contributed by atoms with Gasteiger partial charge in [0, 0.05) is 39.3 Å². The molecule has 0 spiro atoms. The molecule has 3 N–H and O–H groups in total. The normalized spacial score (nSPS) is 21.1. The summed E-state index contributed by atoms with van der Waals surface area (Å²) in [4.78, 5) is 16.8. The van der Waals surface area contributed by atoms with Crippen LogP contribution in [0, 0.1) is 5.41 Å². The highest BCUT2D eigenvalue weighted by atomic mass is 16.2. The zero-order valence-corrected chi connectivity index (χ0v) is 12.7. The first-order chi connectivity index (χ1) is 9.01. The molecule has 1 unspecified atom stereocenters. The maximum atomic E-state index is 12.0. The molecule has 0 radical (unpaired) electrons. The van der Waals surface area contributed by atoms with E-state index in [1.165, 1.54) is 0 Å². The number of piperazine rings is 1. The van der Waals surface area contributed by atoms with Crippen molar-refractivity contribution in [2.24, 2.45) is 11.1 Å². The van der Waals surface area contributed by atoms with Crippen LogP contribution in [0.5, 0.6) is 0 Å². The van der Waals surface area contributed by atoms with Gasteiger partial charge in [-0.3, -0.25) is 4.79 Å². The summed E-state index contributed by atoms with van der Waals surface area (Å²) in [6, 6.07) is 0. The quantitative estimate of drug-likeness (QED) is 0.645. The lowest BCUT2D eigenvalue weighted by atomic mass is 9.87. The molecule has 1 amide bonds. The molecule has 0 saturated carbocycles. The third-order valence-electron chi connectivity index (χ3n) is 4.31. The molecule has 0 aromatic carbocycles. The van der Waals surface area contributed by atoms with E-state index in [0.717, 1.165) is 52.1 Å². The summed E-state index contributed by atoms with van der Waals surface area (Å²) < 4.78 is 0. The smallest absolute Gasteiger partial charge is 0.227 e. The van der Waals surface area contributed by atoms with E-state index in [2.05, 4.69) is 22.2 Å². The van der Waals surface area contributed by atoms with E-state index in [-0.39, 0.29) is 5.91 Å². The summed E-state index contributed by atoms with van der Waals surface area (Å²) in [6.45, 7) is 10.7. The molecular formula is C14H30N4O. The topological polar surface area (TPSA) is 61.6 Å². The van der Waals surface area contributed by atoms with Crippen LogP contribution in [0.1, 0.15) is 26.7 Å². The summed E-state index contributed by atoms with van der Waals surface area (Å²) in [5, 5.41) is 3.02. The molecule has 1 saturated heterocycles. The lowest BCUT2D eigenvalue weighted by Gasteiger charge is -2.32. The fourth-order valence-electron chi connectivity index (χ4n) is 2.19. The second-order valence-corrected chi connectivity index (χ2v) is 5.87. The number of hydrogen-bond donors (Lipinski definition) is 2. The van der Waals surface area contributed by atoms with E-state index < -0.39 is 5.41 Å². The SMILES string of the molecule is CCC(C)(CN)C(=O)NCCCN1CCN(C)CC1. The van der Waals surface area contributed by atoms with Gasteiger partial charge in [0.05, 0.1) is 5.41 Å². The van der Waals surface area contributed by atoms with Crippen molar-refractivity contribution in [3.05, 3.63) is 0 Å². The van der Waals surface area contributed by atoms with Crippen LogP contribution >= 0.6 is 0 Å². The first-order valence-corrected chi connectivity index (χ1v) is 7.41. The number of likely N-dealkylation sites (N-methyl/N-ethyl adjacent to an activating group) is 1. The Labute approximate surface area is 117 Å².